The summed E-state index contributed by atoms with van der Waals surface area (Å²) in [7, 11) is -1.51. The second kappa shape index (κ2) is 11.0. The van der Waals surface area contributed by atoms with Crippen molar-refractivity contribution in [3.8, 4) is 0 Å². The number of nitrogens with zero attached hydrogens (tertiary/aromatic N) is 1. The standard InChI is InChI=1S/C15H27BF3N3O5/c17-15(18,19)13(24)27-12(23)14(20,4-1-2-6-16(25)26)5-3-9-22-10-7-21-8-11-22/h21,25-26H,1-11,20H2. The highest BCUT2D eigenvalue weighted by molar-refractivity contribution is 6.40. The molecule has 0 aromatic rings. The van der Waals surface area contributed by atoms with Crippen molar-refractivity contribution in [2.45, 2.75) is 50.1 Å². The number of hydrogen-bond acceptors (Lipinski definition) is 8. The van der Waals surface area contributed by atoms with Crippen molar-refractivity contribution in [2.75, 3.05) is 32.7 Å². The van der Waals surface area contributed by atoms with Gasteiger partial charge in [-0.2, -0.15) is 13.2 Å². The number of ether oxygens (including phenoxy) is 1. The minimum absolute atomic E-state index is 0.0226. The van der Waals surface area contributed by atoms with Crippen LogP contribution in [0.25, 0.3) is 0 Å². The Balaban J connectivity index is 2.62. The molecule has 12 heteroatoms. The summed E-state index contributed by atoms with van der Waals surface area (Å²) >= 11 is 0. The van der Waals surface area contributed by atoms with Crippen LogP contribution in [-0.4, -0.2) is 78.4 Å². The summed E-state index contributed by atoms with van der Waals surface area (Å²) in [4.78, 5) is 25.2. The van der Waals surface area contributed by atoms with Gasteiger partial charge in [-0.25, -0.2) is 9.59 Å². The molecule has 0 aliphatic carbocycles. The zero-order chi connectivity index (χ0) is 20.5. The van der Waals surface area contributed by atoms with Gasteiger partial charge in [0.05, 0.1) is 0 Å². The van der Waals surface area contributed by atoms with Gasteiger partial charge in [0.25, 0.3) is 0 Å². The van der Waals surface area contributed by atoms with Crippen LogP contribution in [0.5, 0.6) is 0 Å². The van der Waals surface area contributed by atoms with E-state index in [0.29, 0.717) is 19.4 Å². The molecule has 5 N–H and O–H groups in total. The molecule has 27 heavy (non-hydrogen) atoms. The lowest BCUT2D eigenvalue weighted by Crippen LogP contribution is -2.51. The fourth-order valence-corrected chi connectivity index (χ4v) is 2.89. The number of halogens is 3. The fourth-order valence-electron chi connectivity index (χ4n) is 2.89. The summed E-state index contributed by atoms with van der Waals surface area (Å²) in [6, 6.07) is 0. The minimum Gasteiger partial charge on any atom is -0.427 e. The Morgan fingerprint density at radius 2 is 1.67 bits per heavy atom. The van der Waals surface area contributed by atoms with Crippen LogP contribution in [0, 0.1) is 0 Å². The highest BCUT2D eigenvalue weighted by Gasteiger charge is 2.46. The van der Waals surface area contributed by atoms with Crippen molar-refractivity contribution in [1.82, 2.24) is 10.2 Å². The van der Waals surface area contributed by atoms with Gasteiger partial charge in [0, 0.05) is 26.2 Å². The number of esters is 2. The van der Waals surface area contributed by atoms with E-state index in [-0.39, 0.29) is 25.6 Å². The third kappa shape index (κ3) is 9.02. The van der Waals surface area contributed by atoms with E-state index < -0.39 is 30.8 Å². The quantitative estimate of drug-likeness (QED) is 0.171. The number of carbonyl (C=O) groups excluding carboxylic acids is 2. The second-order valence-corrected chi connectivity index (χ2v) is 6.75. The highest BCUT2D eigenvalue weighted by Crippen LogP contribution is 2.24. The average molecular weight is 397 g/mol. The van der Waals surface area contributed by atoms with Crippen molar-refractivity contribution >= 4 is 19.1 Å². The normalized spacial score (nSPS) is 18.0. The minimum atomic E-state index is -5.28. The Bertz CT molecular complexity index is 490. The lowest BCUT2D eigenvalue weighted by molar-refractivity contribution is -0.203. The molecule has 0 saturated carbocycles. The molecule has 1 heterocycles. The molecule has 1 unspecified atom stereocenters. The predicted molar refractivity (Wildman–Crippen MR) is 91.5 cm³/mol. The Labute approximate surface area is 156 Å². The number of piperazine rings is 1. The molecule has 1 rings (SSSR count). The van der Waals surface area contributed by atoms with E-state index in [1.807, 2.05) is 0 Å². The van der Waals surface area contributed by atoms with Gasteiger partial charge in [0.1, 0.15) is 5.54 Å². The number of rotatable bonds is 10. The van der Waals surface area contributed by atoms with Gasteiger partial charge < -0.3 is 30.7 Å². The molecule has 0 amide bonds. The van der Waals surface area contributed by atoms with Crippen LogP contribution >= 0.6 is 0 Å². The number of alkyl halides is 3. The maximum absolute atomic E-state index is 12.4. The lowest BCUT2D eigenvalue weighted by atomic mass is 9.81. The van der Waals surface area contributed by atoms with Gasteiger partial charge in [0.2, 0.25) is 0 Å². The van der Waals surface area contributed by atoms with Crippen LogP contribution in [0.15, 0.2) is 0 Å². The zero-order valence-electron chi connectivity index (χ0n) is 15.1. The first-order valence-electron chi connectivity index (χ1n) is 8.96. The smallest absolute Gasteiger partial charge is 0.427 e. The molecular weight excluding hydrogens is 370 g/mol. The zero-order valence-corrected chi connectivity index (χ0v) is 15.1. The third-order valence-electron chi connectivity index (χ3n) is 4.47. The van der Waals surface area contributed by atoms with Crippen molar-refractivity contribution in [3.63, 3.8) is 0 Å². The van der Waals surface area contributed by atoms with Crippen LogP contribution in [0.4, 0.5) is 13.2 Å². The number of hydrogen-bond donors (Lipinski definition) is 4. The van der Waals surface area contributed by atoms with Gasteiger partial charge in [-0.15, -0.1) is 0 Å². The Kier molecular flexibility index (Phi) is 9.67. The van der Waals surface area contributed by atoms with E-state index in [1.165, 1.54) is 0 Å². The van der Waals surface area contributed by atoms with E-state index in [0.717, 1.165) is 26.2 Å². The Morgan fingerprint density at radius 1 is 1.07 bits per heavy atom. The van der Waals surface area contributed by atoms with Crippen LogP contribution < -0.4 is 11.1 Å². The SMILES string of the molecule is NC(CCCCB(O)O)(CCCN1CCNCC1)C(=O)OC(=O)C(F)(F)F. The Morgan fingerprint density at radius 3 is 2.22 bits per heavy atom. The van der Waals surface area contributed by atoms with E-state index >= 15 is 0 Å². The van der Waals surface area contributed by atoms with Crippen molar-refractivity contribution in [3.05, 3.63) is 0 Å². The number of carbonyl (C=O) groups is 2. The van der Waals surface area contributed by atoms with Crippen LogP contribution in [0.1, 0.15) is 32.1 Å². The molecule has 1 aliphatic rings. The lowest BCUT2D eigenvalue weighted by Gasteiger charge is -2.30. The van der Waals surface area contributed by atoms with Crippen molar-refractivity contribution in [2.24, 2.45) is 5.73 Å². The molecule has 0 spiro atoms. The number of nitrogens with one attached hydrogen (secondary N) is 1. The van der Waals surface area contributed by atoms with E-state index in [2.05, 4.69) is 15.0 Å². The summed E-state index contributed by atoms with van der Waals surface area (Å²) in [6.07, 6.45) is -4.15. The first kappa shape index (κ1) is 23.8. The van der Waals surface area contributed by atoms with E-state index in [4.69, 9.17) is 15.8 Å². The molecule has 1 aliphatic heterocycles. The molecule has 156 valence electrons. The molecule has 0 radical (unpaired) electrons. The number of unbranched alkanes of at least 4 members (excludes halogenated alkanes) is 1. The van der Waals surface area contributed by atoms with Gasteiger partial charge in [-0.3, -0.25) is 0 Å². The highest BCUT2D eigenvalue weighted by atomic mass is 19.4. The first-order valence-corrected chi connectivity index (χ1v) is 8.96. The molecule has 0 aromatic heterocycles. The largest absolute Gasteiger partial charge is 0.491 e. The summed E-state index contributed by atoms with van der Waals surface area (Å²) in [5.74, 6) is -4.00. The van der Waals surface area contributed by atoms with Gasteiger partial charge in [-0.1, -0.05) is 12.8 Å². The predicted octanol–water partition coefficient (Wildman–Crippen LogP) is -0.355. The number of nitrogens with two attached hydrogens (primary N) is 1. The van der Waals surface area contributed by atoms with E-state index in [1.54, 1.807) is 0 Å². The molecule has 1 saturated heterocycles. The summed E-state index contributed by atoms with van der Waals surface area (Å²) in [5, 5.41) is 20.9. The first-order chi connectivity index (χ1) is 12.5. The summed E-state index contributed by atoms with van der Waals surface area (Å²) < 4.78 is 41.0. The van der Waals surface area contributed by atoms with Crippen LogP contribution in [-0.2, 0) is 14.3 Å². The summed E-state index contributed by atoms with van der Waals surface area (Å²) in [6.45, 7) is 3.93. The van der Waals surface area contributed by atoms with Crippen molar-refractivity contribution in [1.29, 1.82) is 0 Å². The van der Waals surface area contributed by atoms with Crippen molar-refractivity contribution < 1.29 is 37.5 Å². The molecular formula is C15H27BF3N3O5. The molecule has 0 bridgehead atoms. The Hall–Kier alpha value is -1.21. The maximum Gasteiger partial charge on any atom is 0.491 e. The van der Waals surface area contributed by atoms with Gasteiger partial charge in [0.15, 0.2) is 0 Å². The molecule has 0 aromatic carbocycles. The van der Waals surface area contributed by atoms with Crippen LogP contribution in [0.3, 0.4) is 0 Å². The van der Waals surface area contributed by atoms with Gasteiger partial charge in [-0.05, 0) is 32.1 Å². The van der Waals surface area contributed by atoms with Crippen LogP contribution in [0.2, 0.25) is 6.32 Å². The second-order valence-electron chi connectivity index (χ2n) is 6.75. The third-order valence-corrected chi connectivity index (χ3v) is 4.47. The van der Waals surface area contributed by atoms with E-state index in [9.17, 15) is 22.8 Å². The molecule has 1 atom stereocenters. The molecule has 1 fully saturated rings. The monoisotopic (exact) mass is 397 g/mol. The summed E-state index contributed by atoms with van der Waals surface area (Å²) in [5.41, 5.74) is 4.27. The van der Waals surface area contributed by atoms with Gasteiger partial charge >= 0.3 is 25.2 Å². The molecule has 8 nitrogen and oxygen atoms in total. The topological polar surface area (TPSA) is 125 Å². The fraction of sp³-hybridized carbons (Fsp3) is 0.867. The maximum atomic E-state index is 12.4. The average Bonchev–Trinajstić information content (AvgIpc) is 2.58.